The smallest absolute Gasteiger partial charge is 0.329 e. The SMILES string of the molecule is NNc1ncc([N+](=O)[O-])c(N2CC3CCC2C3)n1. The summed E-state index contributed by atoms with van der Waals surface area (Å²) >= 11 is 0. The Hall–Kier alpha value is -1.96. The highest BCUT2D eigenvalue weighted by atomic mass is 16.6. The molecule has 0 spiro atoms. The predicted octanol–water partition coefficient (Wildman–Crippen LogP) is 0.659. The monoisotopic (exact) mass is 250 g/mol. The quantitative estimate of drug-likeness (QED) is 0.460. The zero-order valence-electron chi connectivity index (χ0n) is 9.74. The number of hydrogen-bond donors (Lipinski definition) is 2. The van der Waals surface area contributed by atoms with E-state index in [1.54, 1.807) is 0 Å². The van der Waals surface area contributed by atoms with Crippen molar-refractivity contribution < 1.29 is 4.92 Å². The Kier molecular flexibility index (Phi) is 2.51. The minimum Gasteiger partial charge on any atom is -0.347 e. The molecule has 1 aromatic heterocycles. The van der Waals surface area contributed by atoms with Gasteiger partial charge in [0.1, 0.15) is 6.20 Å². The third-order valence-electron chi connectivity index (χ3n) is 3.76. The fourth-order valence-corrected chi connectivity index (χ4v) is 2.96. The van der Waals surface area contributed by atoms with Crippen LogP contribution in [-0.4, -0.2) is 27.5 Å². The van der Waals surface area contributed by atoms with Crippen LogP contribution in [0, 0.1) is 16.0 Å². The lowest BCUT2D eigenvalue weighted by Gasteiger charge is -2.27. The first-order valence-corrected chi connectivity index (χ1v) is 5.93. The van der Waals surface area contributed by atoms with E-state index in [0.717, 1.165) is 19.4 Å². The molecule has 18 heavy (non-hydrogen) atoms. The second kappa shape index (κ2) is 4.05. The number of nitrogens with zero attached hydrogens (tertiary/aromatic N) is 4. The summed E-state index contributed by atoms with van der Waals surface area (Å²) in [7, 11) is 0. The van der Waals surface area contributed by atoms with Gasteiger partial charge in [-0.2, -0.15) is 4.98 Å². The first kappa shape index (κ1) is 11.1. The molecule has 2 unspecified atom stereocenters. The number of nitrogens with two attached hydrogens (primary N) is 1. The predicted molar refractivity (Wildman–Crippen MR) is 65.0 cm³/mol. The van der Waals surface area contributed by atoms with Gasteiger partial charge in [-0.1, -0.05) is 0 Å². The molecular formula is C10H14N6O2. The molecular weight excluding hydrogens is 236 g/mol. The van der Waals surface area contributed by atoms with Crippen LogP contribution in [0.5, 0.6) is 0 Å². The molecule has 1 aromatic rings. The maximum atomic E-state index is 11.0. The van der Waals surface area contributed by atoms with Crippen LogP contribution in [-0.2, 0) is 0 Å². The van der Waals surface area contributed by atoms with Crippen molar-refractivity contribution in [2.45, 2.75) is 25.3 Å². The van der Waals surface area contributed by atoms with Gasteiger partial charge in [-0.25, -0.2) is 10.8 Å². The van der Waals surface area contributed by atoms with Gasteiger partial charge < -0.3 is 4.90 Å². The highest BCUT2D eigenvalue weighted by molar-refractivity contribution is 5.60. The summed E-state index contributed by atoms with van der Waals surface area (Å²) in [5.74, 6) is 6.49. The molecule has 2 fully saturated rings. The molecule has 2 heterocycles. The van der Waals surface area contributed by atoms with Crippen molar-refractivity contribution in [3.63, 3.8) is 0 Å². The van der Waals surface area contributed by atoms with Crippen LogP contribution >= 0.6 is 0 Å². The third kappa shape index (κ3) is 1.65. The van der Waals surface area contributed by atoms with Crippen LogP contribution in [0.15, 0.2) is 6.20 Å². The fourth-order valence-electron chi connectivity index (χ4n) is 2.96. The maximum Gasteiger partial charge on any atom is 0.329 e. The van der Waals surface area contributed by atoms with Crippen molar-refractivity contribution >= 4 is 17.5 Å². The van der Waals surface area contributed by atoms with E-state index in [-0.39, 0.29) is 11.6 Å². The van der Waals surface area contributed by atoms with E-state index in [1.165, 1.54) is 12.6 Å². The van der Waals surface area contributed by atoms with E-state index in [9.17, 15) is 10.1 Å². The zero-order valence-corrected chi connectivity index (χ0v) is 9.74. The van der Waals surface area contributed by atoms with Gasteiger partial charge in [-0.15, -0.1) is 0 Å². The normalized spacial score (nSPS) is 25.5. The van der Waals surface area contributed by atoms with Crippen LogP contribution < -0.4 is 16.2 Å². The van der Waals surface area contributed by atoms with Gasteiger partial charge in [-0.3, -0.25) is 15.5 Å². The molecule has 1 saturated heterocycles. The lowest BCUT2D eigenvalue weighted by atomic mass is 10.1. The molecule has 2 aliphatic rings. The number of rotatable bonds is 3. The number of anilines is 2. The Bertz CT molecular complexity index is 493. The Balaban J connectivity index is 2.00. The summed E-state index contributed by atoms with van der Waals surface area (Å²) in [6, 6.07) is 0.370. The highest BCUT2D eigenvalue weighted by Gasteiger charge is 2.41. The van der Waals surface area contributed by atoms with Crippen molar-refractivity contribution in [2.24, 2.45) is 11.8 Å². The molecule has 0 aromatic carbocycles. The van der Waals surface area contributed by atoms with Gasteiger partial charge in [0.05, 0.1) is 4.92 Å². The minimum absolute atomic E-state index is 0.0541. The van der Waals surface area contributed by atoms with Crippen LogP contribution in [0.2, 0.25) is 0 Å². The number of hydrogen-bond acceptors (Lipinski definition) is 7. The molecule has 3 N–H and O–H groups in total. The minimum atomic E-state index is -0.443. The number of nitrogens with one attached hydrogen (secondary N) is 1. The van der Waals surface area contributed by atoms with E-state index in [2.05, 4.69) is 15.4 Å². The Morgan fingerprint density at radius 3 is 2.94 bits per heavy atom. The van der Waals surface area contributed by atoms with Crippen molar-refractivity contribution in [3.8, 4) is 0 Å². The Morgan fingerprint density at radius 2 is 2.39 bits per heavy atom. The van der Waals surface area contributed by atoms with Crippen molar-refractivity contribution in [1.82, 2.24) is 9.97 Å². The molecule has 0 radical (unpaired) electrons. The van der Waals surface area contributed by atoms with E-state index >= 15 is 0 Å². The van der Waals surface area contributed by atoms with Crippen molar-refractivity contribution in [1.29, 1.82) is 0 Å². The molecule has 3 rings (SSSR count). The van der Waals surface area contributed by atoms with Crippen LogP contribution in [0.1, 0.15) is 19.3 Å². The van der Waals surface area contributed by atoms with E-state index < -0.39 is 4.92 Å². The van der Waals surface area contributed by atoms with Crippen LogP contribution in [0.4, 0.5) is 17.5 Å². The molecule has 96 valence electrons. The van der Waals surface area contributed by atoms with Crippen LogP contribution in [0.25, 0.3) is 0 Å². The summed E-state index contributed by atoms with van der Waals surface area (Å²) in [6.07, 6.45) is 4.61. The first-order valence-electron chi connectivity index (χ1n) is 5.93. The molecule has 2 bridgehead atoms. The van der Waals surface area contributed by atoms with Gasteiger partial charge in [0.25, 0.3) is 0 Å². The van der Waals surface area contributed by atoms with E-state index in [4.69, 9.17) is 5.84 Å². The number of nitro groups is 1. The summed E-state index contributed by atoms with van der Waals surface area (Å²) < 4.78 is 0. The summed E-state index contributed by atoms with van der Waals surface area (Å²) in [4.78, 5) is 20.6. The number of fused-ring (bicyclic) bond motifs is 2. The van der Waals surface area contributed by atoms with E-state index in [0.29, 0.717) is 17.8 Å². The van der Waals surface area contributed by atoms with Gasteiger partial charge >= 0.3 is 5.69 Å². The first-order chi connectivity index (χ1) is 8.69. The second-order valence-corrected chi connectivity index (χ2v) is 4.79. The topological polar surface area (TPSA) is 110 Å². The average Bonchev–Trinajstić information content (AvgIpc) is 3.00. The lowest BCUT2D eigenvalue weighted by Crippen LogP contribution is -2.33. The summed E-state index contributed by atoms with van der Waals surface area (Å²) in [5, 5.41) is 11.0. The van der Waals surface area contributed by atoms with Crippen molar-refractivity contribution in [2.75, 3.05) is 16.9 Å². The van der Waals surface area contributed by atoms with Gasteiger partial charge in [0.15, 0.2) is 0 Å². The number of nitrogen functional groups attached to an aromatic ring is 1. The largest absolute Gasteiger partial charge is 0.347 e. The molecule has 8 heteroatoms. The number of hydrazine groups is 1. The molecule has 1 saturated carbocycles. The molecule has 1 aliphatic heterocycles. The zero-order chi connectivity index (χ0) is 12.7. The third-order valence-corrected chi connectivity index (χ3v) is 3.76. The molecule has 8 nitrogen and oxygen atoms in total. The average molecular weight is 250 g/mol. The summed E-state index contributed by atoms with van der Waals surface area (Å²) in [6.45, 7) is 0.840. The summed E-state index contributed by atoms with van der Waals surface area (Å²) in [5.41, 5.74) is 2.28. The molecule has 2 atom stereocenters. The molecule has 0 amide bonds. The van der Waals surface area contributed by atoms with Gasteiger partial charge in [-0.05, 0) is 25.2 Å². The molecule has 1 aliphatic carbocycles. The Labute approximate surface area is 103 Å². The van der Waals surface area contributed by atoms with E-state index in [1.807, 2.05) is 4.90 Å². The van der Waals surface area contributed by atoms with Gasteiger partial charge in [0, 0.05) is 12.6 Å². The fraction of sp³-hybridized carbons (Fsp3) is 0.600. The number of aromatic nitrogens is 2. The van der Waals surface area contributed by atoms with Crippen LogP contribution in [0.3, 0.4) is 0 Å². The Morgan fingerprint density at radius 1 is 1.56 bits per heavy atom. The highest BCUT2D eigenvalue weighted by Crippen LogP contribution is 2.42. The van der Waals surface area contributed by atoms with Crippen molar-refractivity contribution in [3.05, 3.63) is 16.3 Å². The van der Waals surface area contributed by atoms with Gasteiger partial charge in [0.2, 0.25) is 11.8 Å². The lowest BCUT2D eigenvalue weighted by molar-refractivity contribution is -0.384. The maximum absolute atomic E-state index is 11.0. The second-order valence-electron chi connectivity index (χ2n) is 4.79. The number of piperidine rings is 1. The standard InChI is InChI=1S/C10H14N6O2/c11-14-10-12-4-8(16(17)18)9(13-10)15-5-6-1-2-7(15)3-6/h4,6-7H,1-3,5,11H2,(H,12,13,14).